The van der Waals surface area contributed by atoms with E-state index in [1.807, 2.05) is 27.7 Å². The van der Waals surface area contributed by atoms with Gasteiger partial charge >= 0.3 is 0 Å². The number of fused-ring (bicyclic) bond motifs is 1. The molecule has 0 bridgehead atoms. The molecule has 9 heteroatoms. The number of carbonyl (C=O) groups excluding carboxylic acids is 2. The molecule has 0 unspecified atom stereocenters. The molecular weight excluding hydrogens is 378 g/mol. The van der Waals surface area contributed by atoms with E-state index in [1.54, 1.807) is 6.08 Å². The standard InChI is InChI=1S/C17H29N3O4S.ClH/c1-11(2)13(10-19-12(3)4)8-15(21)17-6-7-18-14(17)9-16(22)20(17)25(5,23)24;/h8,11-12,14,18-19H,6-7,9-10H2,1-5H3;1H/b13-8-;/t14-,17+;/m1./s1. The quantitative estimate of drug-likeness (QED) is 0.607. The van der Waals surface area contributed by atoms with Gasteiger partial charge in [0, 0.05) is 25.0 Å². The van der Waals surface area contributed by atoms with E-state index >= 15 is 0 Å². The van der Waals surface area contributed by atoms with Crippen molar-refractivity contribution in [3.05, 3.63) is 11.6 Å². The molecule has 2 rings (SSSR count). The Labute approximate surface area is 162 Å². The van der Waals surface area contributed by atoms with E-state index in [9.17, 15) is 18.0 Å². The average molecular weight is 408 g/mol. The van der Waals surface area contributed by atoms with Gasteiger partial charge in [-0.05, 0) is 25.0 Å². The largest absolute Gasteiger partial charge is 0.311 e. The summed E-state index contributed by atoms with van der Waals surface area (Å²) in [6.45, 7) is 9.12. The van der Waals surface area contributed by atoms with Crippen molar-refractivity contribution >= 4 is 34.1 Å². The number of hydrogen-bond acceptors (Lipinski definition) is 6. The zero-order valence-corrected chi connectivity index (χ0v) is 17.7. The first kappa shape index (κ1) is 23.1. The Morgan fingerprint density at radius 2 is 2.00 bits per heavy atom. The van der Waals surface area contributed by atoms with Gasteiger partial charge in [0.1, 0.15) is 5.54 Å². The summed E-state index contributed by atoms with van der Waals surface area (Å²) in [7, 11) is -3.81. The summed E-state index contributed by atoms with van der Waals surface area (Å²) < 4.78 is 25.3. The molecule has 150 valence electrons. The first-order chi connectivity index (χ1) is 11.5. The van der Waals surface area contributed by atoms with E-state index in [2.05, 4.69) is 10.6 Å². The number of nitrogens with zero attached hydrogens (tertiary/aromatic N) is 1. The maximum atomic E-state index is 13.2. The predicted octanol–water partition coefficient (Wildman–Crippen LogP) is 0.850. The first-order valence-electron chi connectivity index (χ1n) is 8.75. The van der Waals surface area contributed by atoms with Crippen LogP contribution < -0.4 is 10.6 Å². The summed E-state index contributed by atoms with van der Waals surface area (Å²) in [6.07, 6.45) is 2.90. The molecule has 2 aliphatic rings. The highest BCUT2D eigenvalue weighted by atomic mass is 35.5. The van der Waals surface area contributed by atoms with Crippen molar-refractivity contribution in [3.8, 4) is 0 Å². The van der Waals surface area contributed by atoms with Gasteiger partial charge in [0.25, 0.3) is 0 Å². The van der Waals surface area contributed by atoms with Crippen LogP contribution in [-0.4, -0.2) is 61.4 Å². The number of sulfonamides is 1. The van der Waals surface area contributed by atoms with E-state index in [0.717, 1.165) is 16.1 Å². The predicted molar refractivity (Wildman–Crippen MR) is 104 cm³/mol. The molecule has 2 saturated heterocycles. The molecule has 26 heavy (non-hydrogen) atoms. The first-order valence-corrected chi connectivity index (χ1v) is 10.6. The number of hydrogen-bond donors (Lipinski definition) is 2. The summed E-state index contributed by atoms with van der Waals surface area (Å²) in [6, 6.07) is -0.179. The highest BCUT2D eigenvalue weighted by Crippen LogP contribution is 2.40. The van der Waals surface area contributed by atoms with Gasteiger partial charge in [0.2, 0.25) is 15.9 Å². The number of carbonyl (C=O) groups is 2. The van der Waals surface area contributed by atoms with Crippen LogP contribution in [0.2, 0.25) is 0 Å². The van der Waals surface area contributed by atoms with Crippen LogP contribution in [0.3, 0.4) is 0 Å². The Kier molecular flexibility index (Phi) is 7.43. The van der Waals surface area contributed by atoms with Crippen LogP contribution in [0.4, 0.5) is 0 Å². The van der Waals surface area contributed by atoms with Crippen LogP contribution in [0.25, 0.3) is 0 Å². The minimum absolute atomic E-state index is 0. The van der Waals surface area contributed by atoms with Gasteiger partial charge in [-0.2, -0.15) is 0 Å². The van der Waals surface area contributed by atoms with Crippen LogP contribution >= 0.6 is 12.4 Å². The van der Waals surface area contributed by atoms with E-state index < -0.39 is 27.5 Å². The second-order valence-electron chi connectivity index (χ2n) is 7.58. The van der Waals surface area contributed by atoms with Gasteiger partial charge in [0.15, 0.2) is 5.78 Å². The van der Waals surface area contributed by atoms with Crippen LogP contribution in [0.5, 0.6) is 0 Å². The summed E-state index contributed by atoms with van der Waals surface area (Å²) in [5, 5.41) is 6.43. The summed E-state index contributed by atoms with van der Waals surface area (Å²) in [4.78, 5) is 25.5. The molecule has 2 atom stereocenters. The minimum atomic E-state index is -3.81. The fourth-order valence-corrected chi connectivity index (χ4v) is 5.00. The second kappa shape index (κ2) is 8.37. The lowest BCUT2D eigenvalue weighted by molar-refractivity contribution is -0.131. The van der Waals surface area contributed by atoms with Crippen molar-refractivity contribution < 1.29 is 18.0 Å². The molecule has 1 amide bonds. The molecule has 0 aliphatic carbocycles. The summed E-state index contributed by atoms with van der Waals surface area (Å²) in [5.74, 6) is -0.663. The second-order valence-corrected chi connectivity index (χ2v) is 9.41. The Bertz CT molecular complexity index is 690. The average Bonchev–Trinajstić information content (AvgIpc) is 2.96. The lowest BCUT2D eigenvalue weighted by Crippen LogP contribution is -2.57. The van der Waals surface area contributed by atoms with Crippen LogP contribution in [0.1, 0.15) is 40.5 Å². The molecule has 0 aromatic rings. The molecule has 0 radical (unpaired) electrons. The Hall–Kier alpha value is -0.960. The number of amides is 1. The highest BCUT2D eigenvalue weighted by molar-refractivity contribution is 7.89. The molecule has 0 saturated carbocycles. The maximum absolute atomic E-state index is 13.2. The van der Waals surface area contributed by atoms with Crippen molar-refractivity contribution in [2.75, 3.05) is 19.3 Å². The molecule has 0 aromatic carbocycles. The lowest BCUT2D eigenvalue weighted by Gasteiger charge is -2.34. The topological polar surface area (TPSA) is 95.6 Å². The number of ketones is 1. The van der Waals surface area contributed by atoms with Crippen molar-refractivity contribution in [1.82, 2.24) is 14.9 Å². The van der Waals surface area contributed by atoms with Gasteiger partial charge in [-0.15, -0.1) is 12.4 Å². The molecule has 0 spiro atoms. The van der Waals surface area contributed by atoms with Crippen molar-refractivity contribution in [2.24, 2.45) is 5.92 Å². The highest BCUT2D eigenvalue weighted by Gasteiger charge is 2.62. The summed E-state index contributed by atoms with van der Waals surface area (Å²) >= 11 is 0. The molecule has 7 nitrogen and oxygen atoms in total. The third kappa shape index (κ3) is 4.30. The van der Waals surface area contributed by atoms with Gasteiger partial charge in [-0.25, -0.2) is 12.7 Å². The SMILES string of the molecule is CC(C)NC/C(=C/C(=O)[C@]12CCN[C@@H]1CC(=O)N2S(C)(=O)=O)C(C)C.Cl. The van der Waals surface area contributed by atoms with Crippen LogP contribution in [-0.2, 0) is 19.6 Å². The maximum Gasteiger partial charge on any atom is 0.238 e. The molecule has 2 N–H and O–H groups in total. The fourth-order valence-electron chi connectivity index (χ4n) is 3.66. The van der Waals surface area contributed by atoms with Crippen molar-refractivity contribution in [2.45, 2.75) is 58.2 Å². The Morgan fingerprint density at radius 1 is 1.38 bits per heavy atom. The molecule has 2 aliphatic heterocycles. The van der Waals surface area contributed by atoms with E-state index in [0.29, 0.717) is 19.5 Å². The third-order valence-electron chi connectivity index (χ3n) is 4.97. The molecule has 0 aromatic heterocycles. The van der Waals surface area contributed by atoms with E-state index in [-0.39, 0.29) is 36.6 Å². The monoisotopic (exact) mass is 407 g/mol. The Balaban J connectivity index is 0.00000338. The van der Waals surface area contributed by atoms with Crippen LogP contribution in [0, 0.1) is 5.92 Å². The fraction of sp³-hybridized carbons (Fsp3) is 0.765. The van der Waals surface area contributed by atoms with Gasteiger partial charge in [-0.1, -0.05) is 33.3 Å². The zero-order chi connectivity index (χ0) is 19.0. The number of rotatable bonds is 7. The van der Waals surface area contributed by atoms with Gasteiger partial charge < -0.3 is 10.6 Å². The lowest BCUT2D eigenvalue weighted by atomic mass is 9.85. The number of halogens is 1. The molecule has 2 heterocycles. The minimum Gasteiger partial charge on any atom is -0.311 e. The van der Waals surface area contributed by atoms with E-state index in [1.165, 1.54) is 0 Å². The third-order valence-corrected chi connectivity index (χ3v) is 6.16. The molecular formula is C17H30ClN3O4S. The summed E-state index contributed by atoms with van der Waals surface area (Å²) in [5.41, 5.74) is -0.408. The van der Waals surface area contributed by atoms with Crippen molar-refractivity contribution in [3.63, 3.8) is 0 Å². The normalized spacial score (nSPS) is 26.4. The smallest absolute Gasteiger partial charge is 0.238 e. The Morgan fingerprint density at radius 3 is 2.50 bits per heavy atom. The van der Waals surface area contributed by atoms with Crippen molar-refractivity contribution in [1.29, 1.82) is 0 Å². The van der Waals surface area contributed by atoms with Crippen LogP contribution in [0.15, 0.2) is 11.6 Å². The zero-order valence-electron chi connectivity index (χ0n) is 16.0. The van der Waals surface area contributed by atoms with Gasteiger partial charge in [-0.3, -0.25) is 9.59 Å². The molecule has 2 fully saturated rings. The van der Waals surface area contributed by atoms with Gasteiger partial charge in [0.05, 0.1) is 6.26 Å². The van der Waals surface area contributed by atoms with E-state index in [4.69, 9.17) is 0 Å². The number of nitrogens with one attached hydrogen (secondary N) is 2.